The summed E-state index contributed by atoms with van der Waals surface area (Å²) in [6.45, 7) is 4.21. The molecule has 0 amide bonds. The molecule has 1 aromatic carbocycles. The van der Waals surface area contributed by atoms with Gasteiger partial charge in [0.2, 0.25) is 0 Å². The molecule has 2 heteroatoms. The molecule has 0 N–H and O–H groups in total. The number of benzene rings is 1. The Morgan fingerprint density at radius 1 is 1.45 bits per heavy atom. The summed E-state index contributed by atoms with van der Waals surface area (Å²) in [5.41, 5.74) is 1.27. The maximum atomic E-state index is 5.95. The lowest BCUT2D eigenvalue weighted by Crippen LogP contribution is -1.77. The molecule has 11 heavy (non-hydrogen) atoms. The molecule has 0 radical (unpaired) electrons. The maximum Gasteiger partial charge on any atom is 0.0542 e. The van der Waals surface area contributed by atoms with Crippen molar-refractivity contribution in [1.82, 2.24) is 0 Å². The zero-order valence-corrected chi connectivity index (χ0v) is 8.30. The molecule has 0 atom stereocenters. The molecule has 0 bridgehead atoms. The highest BCUT2D eigenvalue weighted by atomic mass is 35.5. The number of aryl methyl sites for hydroxylation is 1. The van der Waals surface area contributed by atoms with E-state index in [-0.39, 0.29) is 0 Å². The number of halogens is 1. The molecule has 0 fully saturated rings. The van der Waals surface area contributed by atoms with E-state index in [4.69, 9.17) is 11.6 Å². The minimum absolute atomic E-state index is 0.863. The summed E-state index contributed by atoms with van der Waals surface area (Å²) in [5.74, 6) is 1.07. The van der Waals surface area contributed by atoms with Crippen LogP contribution < -0.4 is 0 Å². The Kier molecular flexibility index (Phi) is 3.28. The van der Waals surface area contributed by atoms with Crippen molar-refractivity contribution in [3.8, 4) is 0 Å². The standard InChI is InChI=1S/C9H11ClS/c1-3-11-9-6-7(2)4-5-8(9)10/h4-6H,3H2,1-2H3. The van der Waals surface area contributed by atoms with Crippen molar-refractivity contribution >= 4 is 23.4 Å². The van der Waals surface area contributed by atoms with Crippen molar-refractivity contribution in [3.05, 3.63) is 28.8 Å². The third-order valence-corrected chi connectivity index (χ3v) is 2.77. The number of hydrogen-bond donors (Lipinski definition) is 0. The van der Waals surface area contributed by atoms with Crippen LogP contribution in [0.1, 0.15) is 12.5 Å². The first kappa shape index (κ1) is 8.95. The average Bonchev–Trinajstić information content (AvgIpc) is 1.98. The van der Waals surface area contributed by atoms with Gasteiger partial charge in [0.05, 0.1) is 5.02 Å². The third kappa shape index (κ3) is 2.42. The molecule has 0 aromatic heterocycles. The quantitative estimate of drug-likeness (QED) is 0.634. The lowest BCUT2D eigenvalue weighted by atomic mass is 10.2. The summed E-state index contributed by atoms with van der Waals surface area (Å²) < 4.78 is 0. The predicted octanol–water partition coefficient (Wildman–Crippen LogP) is 3.76. The lowest BCUT2D eigenvalue weighted by Gasteiger charge is -2.02. The van der Waals surface area contributed by atoms with E-state index < -0.39 is 0 Å². The Bertz CT molecular complexity index is 245. The zero-order chi connectivity index (χ0) is 8.27. The first-order chi connectivity index (χ1) is 5.24. The molecule has 0 spiro atoms. The van der Waals surface area contributed by atoms with Crippen LogP contribution in [0, 0.1) is 6.92 Å². The van der Waals surface area contributed by atoms with E-state index in [9.17, 15) is 0 Å². The van der Waals surface area contributed by atoms with Crippen LogP contribution in [-0.2, 0) is 0 Å². The molecule has 1 aromatic rings. The van der Waals surface area contributed by atoms with E-state index in [0.717, 1.165) is 10.8 Å². The van der Waals surface area contributed by atoms with Crippen LogP contribution >= 0.6 is 23.4 Å². The van der Waals surface area contributed by atoms with Crippen LogP contribution in [0.5, 0.6) is 0 Å². The number of hydrogen-bond acceptors (Lipinski definition) is 1. The molecule has 0 saturated heterocycles. The van der Waals surface area contributed by atoms with Gasteiger partial charge in [0.1, 0.15) is 0 Å². The van der Waals surface area contributed by atoms with Crippen LogP contribution in [0.25, 0.3) is 0 Å². The molecule has 60 valence electrons. The molecule has 1 rings (SSSR count). The topological polar surface area (TPSA) is 0 Å². The summed E-state index contributed by atoms with van der Waals surface area (Å²) in [4.78, 5) is 1.19. The minimum atomic E-state index is 0.863. The summed E-state index contributed by atoms with van der Waals surface area (Å²) >= 11 is 7.74. The Labute approximate surface area is 77.0 Å². The van der Waals surface area contributed by atoms with E-state index in [1.807, 2.05) is 12.1 Å². The summed E-state index contributed by atoms with van der Waals surface area (Å²) in [6.07, 6.45) is 0. The van der Waals surface area contributed by atoms with Gasteiger partial charge in [0.25, 0.3) is 0 Å². The fourth-order valence-electron chi connectivity index (χ4n) is 0.877. The largest absolute Gasteiger partial charge is 0.125 e. The van der Waals surface area contributed by atoms with Gasteiger partial charge in [-0.15, -0.1) is 11.8 Å². The normalized spacial score (nSPS) is 10.1. The first-order valence-corrected chi connectivity index (χ1v) is 4.99. The third-order valence-electron chi connectivity index (χ3n) is 1.39. The maximum absolute atomic E-state index is 5.95. The number of thioether (sulfide) groups is 1. The van der Waals surface area contributed by atoms with Gasteiger partial charge < -0.3 is 0 Å². The van der Waals surface area contributed by atoms with Gasteiger partial charge in [-0.1, -0.05) is 24.6 Å². The molecule has 0 aliphatic rings. The van der Waals surface area contributed by atoms with E-state index in [0.29, 0.717) is 0 Å². The van der Waals surface area contributed by atoms with Crippen molar-refractivity contribution in [3.63, 3.8) is 0 Å². The highest BCUT2D eigenvalue weighted by Crippen LogP contribution is 2.27. The van der Waals surface area contributed by atoms with Gasteiger partial charge in [-0.2, -0.15) is 0 Å². The smallest absolute Gasteiger partial charge is 0.0542 e. The van der Waals surface area contributed by atoms with Crippen LogP contribution in [0.2, 0.25) is 5.02 Å². The van der Waals surface area contributed by atoms with Crippen LogP contribution in [0.4, 0.5) is 0 Å². The second-order valence-electron chi connectivity index (χ2n) is 2.37. The fraction of sp³-hybridized carbons (Fsp3) is 0.333. The molecule has 0 saturated carbocycles. The lowest BCUT2D eigenvalue weighted by molar-refractivity contribution is 1.35. The van der Waals surface area contributed by atoms with Crippen molar-refractivity contribution in [2.45, 2.75) is 18.7 Å². The molecule has 0 aliphatic heterocycles. The monoisotopic (exact) mass is 186 g/mol. The highest BCUT2D eigenvalue weighted by molar-refractivity contribution is 7.99. The summed E-state index contributed by atoms with van der Waals surface area (Å²) in [5, 5.41) is 0.863. The van der Waals surface area contributed by atoms with Gasteiger partial charge in [0.15, 0.2) is 0 Å². The first-order valence-electron chi connectivity index (χ1n) is 3.63. The van der Waals surface area contributed by atoms with Crippen molar-refractivity contribution in [2.75, 3.05) is 5.75 Å². The zero-order valence-electron chi connectivity index (χ0n) is 6.73. The Morgan fingerprint density at radius 2 is 2.18 bits per heavy atom. The van der Waals surface area contributed by atoms with Gasteiger partial charge >= 0.3 is 0 Å². The Morgan fingerprint density at radius 3 is 2.82 bits per heavy atom. The van der Waals surface area contributed by atoms with Crippen LogP contribution in [0.15, 0.2) is 23.1 Å². The molecule has 0 unspecified atom stereocenters. The average molecular weight is 187 g/mol. The Hall–Kier alpha value is -0.140. The van der Waals surface area contributed by atoms with Crippen molar-refractivity contribution in [2.24, 2.45) is 0 Å². The summed E-state index contributed by atoms with van der Waals surface area (Å²) in [6, 6.07) is 6.10. The van der Waals surface area contributed by atoms with E-state index in [1.165, 1.54) is 10.5 Å². The van der Waals surface area contributed by atoms with Crippen LogP contribution in [-0.4, -0.2) is 5.75 Å². The van der Waals surface area contributed by atoms with E-state index in [2.05, 4.69) is 19.9 Å². The van der Waals surface area contributed by atoms with Gasteiger partial charge in [-0.3, -0.25) is 0 Å². The number of rotatable bonds is 2. The van der Waals surface area contributed by atoms with Gasteiger partial charge in [0, 0.05) is 4.90 Å². The van der Waals surface area contributed by atoms with Crippen molar-refractivity contribution < 1.29 is 0 Å². The molecular formula is C9H11ClS. The molecule has 0 heterocycles. The van der Waals surface area contributed by atoms with Gasteiger partial charge in [-0.25, -0.2) is 0 Å². The minimum Gasteiger partial charge on any atom is -0.125 e. The molecule has 0 nitrogen and oxygen atoms in total. The second kappa shape index (κ2) is 4.03. The summed E-state index contributed by atoms with van der Waals surface area (Å²) in [7, 11) is 0. The Balaban J connectivity index is 2.93. The predicted molar refractivity (Wildman–Crippen MR) is 52.6 cm³/mol. The van der Waals surface area contributed by atoms with E-state index >= 15 is 0 Å². The molecular weight excluding hydrogens is 176 g/mol. The van der Waals surface area contributed by atoms with Crippen LogP contribution in [0.3, 0.4) is 0 Å². The highest BCUT2D eigenvalue weighted by Gasteiger charge is 1.98. The fourth-order valence-corrected chi connectivity index (χ4v) is 1.94. The SMILES string of the molecule is CCSc1cc(C)ccc1Cl. The van der Waals surface area contributed by atoms with Gasteiger partial charge in [-0.05, 0) is 30.4 Å². The van der Waals surface area contributed by atoms with E-state index in [1.54, 1.807) is 11.8 Å². The molecule has 0 aliphatic carbocycles. The van der Waals surface area contributed by atoms with Crippen molar-refractivity contribution in [1.29, 1.82) is 0 Å². The second-order valence-corrected chi connectivity index (χ2v) is 4.08.